The Balaban J connectivity index is 1.59. The van der Waals surface area contributed by atoms with Crippen LogP contribution in [-0.2, 0) is 11.3 Å². The standard InChI is InChI=1S/C26H19Cl2NO5S/c1-2-33-21-12-17(11-20(28)23(21)34-25(31)18-9-6-10-19(27)14-18)13-22-24(30)29(26(32)35-22)15-16-7-4-3-5-8-16/h3-14H,2,15H2,1H3/b22-13-. The lowest BCUT2D eigenvalue weighted by Crippen LogP contribution is -2.27. The van der Waals surface area contributed by atoms with Crippen LogP contribution >= 0.6 is 35.0 Å². The molecule has 0 radical (unpaired) electrons. The molecular formula is C26H19Cl2NO5S. The summed E-state index contributed by atoms with van der Waals surface area (Å²) in [7, 11) is 0. The Hall–Kier alpha value is -3.26. The van der Waals surface area contributed by atoms with Gasteiger partial charge in [-0.1, -0.05) is 59.6 Å². The number of hydrogen-bond acceptors (Lipinski definition) is 6. The van der Waals surface area contributed by atoms with E-state index in [0.29, 0.717) is 10.6 Å². The zero-order valence-electron chi connectivity index (χ0n) is 18.5. The van der Waals surface area contributed by atoms with Crippen LogP contribution in [0.2, 0.25) is 10.0 Å². The van der Waals surface area contributed by atoms with Crippen molar-refractivity contribution in [2.24, 2.45) is 0 Å². The molecule has 2 amide bonds. The number of hydrogen-bond donors (Lipinski definition) is 0. The average molecular weight is 528 g/mol. The summed E-state index contributed by atoms with van der Waals surface area (Å²) in [5.41, 5.74) is 1.63. The lowest BCUT2D eigenvalue weighted by molar-refractivity contribution is -0.123. The Morgan fingerprint density at radius 3 is 2.51 bits per heavy atom. The van der Waals surface area contributed by atoms with Crippen LogP contribution in [0.4, 0.5) is 4.79 Å². The number of esters is 1. The molecule has 3 aromatic rings. The van der Waals surface area contributed by atoms with Crippen molar-refractivity contribution >= 4 is 58.2 Å². The Morgan fingerprint density at radius 2 is 1.80 bits per heavy atom. The van der Waals surface area contributed by atoms with Gasteiger partial charge in [0.15, 0.2) is 11.5 Å². The fourth-order valence-electron chi connectivity index (χ4n) is 3.35. The second kappa shape index (κ2) is 11.0. The van der Waals surface area contributed by atoms with Crippen molar-refractivity contribution in [2.75, 3.05) is 6.61 Å². The zero-order valence-corrected chi connectivity index (χ0v) is 20.8. The minimum atomic E-state index is -0.648. The highest BCUT2D eigenvalue weighted by Gasteiger charge is 2.35. The van der Waals surface area contributed by atoms with Crippen molar-refractivity contribution in [3.8, 4) is 11.5 Å². The summed E-state index contributed by atoms with van der Waals surface area (Å²) in [6.45, 7) is 2.25. The highest BCUT2D eigenvalue weighted by molar-refractivity contribution is 8.18. The van der Waals surface area contributed by atoms with Crippen molar-refractivity contribution in [3.63, 3.8) is 0 Å². The summed E-state index contributed by atoms with van der Waals surface area (Å²) in [6, 6.07) is 18.7. The van der Waals surface area contributed by atoms with Gasteiger partial charge < -0.3 is 9.47 Å². The maximum Gasteiger partial charge on any atom is 0.343 e. The molecule has 0 unspecified atom stereocenters. The summed E-state index contributed by atoms with van der Waals surface area (Å²) in [6.07, 6.45) is 1.56. The van der Waals surface area contributed by atoms with Gasteiger partial charge in [-0.25, -0.2) is 4.79 Å². The molecule has 0 saturated carbocycles. The zero-order chi connectivity index (χ0) is 24.9. The average Bonchev–Trinajstić information content (AvgIpc) is 3.09. The fraction of sp³-hybridized carbons (Fsp3) is 0.115. The van der Waals surface area contributed by atoms with Crippen LogP contribution in [0.5, 0.6) is 11.5 Å². The summed E-state index contributed by atoms with van der Waals surface area (Å²) in [5.74, 6) is -0.766. The van der Waals surface area contributed by atoms with E-state index in [1.165, 1.54) is 17.0 Å². The van der Waals surface area contributed by atoms with Crippen molar-refractivity contribution < 1.29 is 23.9 Å². The molecule has 178 valence electrons. The second-order valence-electron chi connectivity index (χ2n) is 7.42. The molecule has 0 aromatic heterocycles. The number of nitrogens with zero attached hydrogens (tertiary/aromatic N) is 1. The summed E-state index contributed by atoms with van der Waals surface area (Å²) >= 11 is 13.3. The molecule has 0 atom stereocenters. The first-order valence-electron chi connectivity index (χ1n) is 10.6. The molecular weight excluding hydrogens is 509 g/mol. The van der Waals surface area contributed by atoms with Crippen LogP contribution in [0.25, 0.3) is 6.08 Å². The van der Waals surface area contributed by atoms with Crippen LogP contribution in [0.1, 0.15) is 28.4 Å². The van der Waals surface area contributed by atoms with Gasteiger partial charge in [0.25, 0.3) is 11.1 Å². The van der Waals surface area contributed by atoms with Crippen LogP contribution in [0.15, 0.2) is 71.6 Å². The first-order valence-corrected chi connectivity index (χ1v) is 12.2. The predicted molar refractivity (Wildman–Crippen MR) is 137 cm³/mol. The third-order valence-electron chi connectivity index (χ3n) is 4.94. The molecule has 0 aliphatic carbocycles. The van der Waals surface area contributed by atoms with Crippen LogP contribution in [0.3, 0.4) is 0 Å². The minimum absolute atomic E-state index is 0.0489. The van der Waals surface area contributed by atoms with Gasteiger partial charge in [-0.15, -0.1) is 0 Å². The van der Waals surface area contributed by atoms with Gasteiger partial charge in [0.2, 0.25) is 0 Å². The Bertz CT molecular complexity index is 1330. The van der Waals surface area contributed by atoms with E-state index in [4.69, 9.17) is 32.7 Å². The molecule has 1 aliphatic heterocycles. The van der Waals surface area contributed by atoms with Crippen molar-refractivity contribution in [2.45, 2.75) is 13.5 Å². The third-order valence-corrected chi connectivity index (χ3v) is 6.36. The highest BCUT2D eigenvalue weighted by atomic mass is 35.5. The van der Waals surface area contributed by atoms with E-state index in [-0.39, 0.29) is 45.4 Å². The molecule has 1 heterocycles. The summed E-state index contributed by atoms with van der Waals surface area (Å²) in [5, 5.41) is 0.154. The molecule has 3 aromatic carbocycles. The molecule has 1 fully saturated rings. The second-order valence-corrected chi connectivity index (χ2v) is 9.25. The molecule has 1 aliphatic rings. The van der Waals surface area contributed by atoms with Gasteiger partial charge in [-0.2, -0.15) is 0 Å². The van der Waals surface area contributed by atoms with Crippen LogP contribution in [-0.4, -0.2) is 28.6 Å². The van der Waals surface area contributed by atoms with E-state index in [9.17, 15) is 14.4 Å². The van der Waals surface area contributed by atoms with Crippen molar-refractivity contribution in [1.82, 2.24) is 4.90 Å². The topological polar surface area (TPSA) is 72.9 Å². The van der Waals surface area contributed by atoms with E-state index < -0.39 is 11.9 Å². The Kier molecular flexibility index (Phi) is 7.80. The van der Waals surface area contributed by atoms with Gasteiger partial charge in [0.05, 0.1) is 28.6 Å². The summed E-state index contributed by atoms with van der Waals surface area (Å²) in [4.78, 5) is 39.4. The molecule has 4 rings (SSSR count). The fourth-order valence-corrected chi connectivity index (χ4v) is 4.64. The molecule has 0 N–H and O–H groups in total. The first-order chi connectivity index (χ1) is 16.9. The van der Waals surface area contributed by atoms with Gasteiger partial charge in [0.1, 0.15) is 0 Å². The van der Waals surface area contributed by atoms with E-state index in [0.717, 1.165) is 17.3 Å². The molecule has 1 saturated heterocycles. The molecule has 9 heteroatoms. The van der Waals surface area contributed by atoms with Gasteiger partial charge in [-0.05, 0) is 66.2 Å². The number of benzene rings is 3. The van der Waals surface area contributed by atoms with Crippen LogP contribution < -0.4 is 9.47 Å². The smallest absolute Gasteiger partial charge is 0.343 e. The summed E-state index contributed by atoms with van der Waals surface area (Å²) < 4.78 is 11.2. The molecule has 35 heavy (non-hydrogen) atoms. The number of rotatable bonds is 7. The van der Waals surface area contributed by atoms with Crippen LogP contribution in [0, 0.1) is 0 Å². The Labute approximate surface area is 216 Å². The largest absolute Gasteiger partial charge is 0.490 e. The number of carbonyl (C=O) groups excluding carboxylic acids is 3. The number of amides is 2. The van der Waals surface area contributed by atoms with E-state index in [1.807, 2.05) is 30.3 Å². The van der Waals surface area contributed by atoms with E-state index in [1.54, 1.807) is 37.3 Å². The number of thioether (sulfide) groups is 1. The Morgan fingerprint density at radius 1 is 1.03 bits per heavy atom. The number of imide groups is 1. The lowest BCUT2D eigenvalue weighted by atomic mass is 10.1. The van der Waals surface area contributed by atoms with E-state index in [2.05, 4.69) is 0 Å². The van der Waals surface area contributed by atoms with Gasteiger partial charge in [0, 0.05) is 5.02 Å². The molecule has 6 nitrogen and oxygen atoms in total. The quantitative estimate of drug-likeness (QED) is 0.190. The number of carbonyl (C=O) groups is 3. The van der Waals surface area contributed by atoms with Gasteiger partial charge in [-0.3, -0.25) is 14.5 Å². The number of halogens is 2. The SMILES string of the molecule is CCOc1cc(/C=C2\SC(=O)N(Cc3ccccc3)C2=O)cc(Cl)c1OC(=O)c1cccc(Cl)c1. The van der Waals surface area contributed by atoms with E-state index >= 15 is 0 Å². The highest BCUT2D eigenvalue weighted by Crippen LogP contribution is 2.40. The molecule has 0 bridgehead atoms. The monoisotopic (exact) mass is 527 g/mol. The minimum Gasteiger partial charge on any atom is -0.490 e. The maximum atomic E-state index is 12.9. The normalized spacial score (nSPS) is 14.5. The maximum absolute atomic E-state index is 12.9. The lowest BCUT2D eigenvalue weighted by Gasteiger charge is -2.14. The molecule has 0 spiro atoms. The van der Waals surface area contributed by atoms with Gasteiger partial charge >= 0.3 is 5.97 Å². The van der Waals surface area contributed by atoms with Crippen molar-refractivity contribution in [3.05, 3.63) is 98.4 Å². The first kappa shape index (κ1) is 24.9. The predicted octanol–water partition coefficient (Wildman–Crippen LogP) is 6.85. The third kappa shape index (κ3) is 5.88. The van der Waals surface area contributed by atoms with Crippen molar-refractivity contribution in [1.29, 1.82) is 0 Å². The number of ether oxygens (including phenoxy) is 2.